The summed E-state index contributed by atoms with van der Waals surface area (Å²) in [6.45, 7) is 1.52. The lowest BCUT2D eigenvalue weighted by Gasteiger charge is -2.20. The van der Waals surface area contributed by atoms with E-state index >= 15 is 0 Å². The van der Waals surface area contributed by atoms with Crippen LogP contribution in [0.25, 0.3) is 33.5 Å². The van der Waals surface area contributed by atoms with Crippen molar-refractivity contribution >= 4 is 34.6 Å². The van der Waals surface area contributed by atoms with E-state index in [0.29, 0.717) is 33.5 Å². The molecule has 1 unspecified atom stereocenters. The average molecular weight is 480 g/mol. The molecule has 1 atom stereocenters. The summed E-state index contributed by atoms with van der Waals surface area (Å²) in [5.74, 6) is 0.0887. The predicted molar refractivity (Wildman–Crippen MR) is 129 cm³/mol. The fourth-order valence-corrected chi connectivity index (χ4v) is 4.62. The number of aromatic amines is 1. The van der Waals surface area contributed by atoms with Gasteiger partial charge < -0.3 is 15.0 Å². The number of rotatable bonds is 5. The normalized spacial score (nSPS) is 16.5. The third kappa shape index (κ3) is 4.72. The Balaban J connectivity index is 1.32. The van der Waals surface area contributed by atoms with Gasteiger partial charge in [0.05, 0.1) is 16.6 Å². The van der Waals surface area contributed by atoms with Crippen LogP contribution in [0.5, 0.6) is 0 Å². The average Bonchev–Trinajstić information content (AvgIpc) is 3.09. The Morgan fingerprint density at radius 1 is 1.12 bits per heavy atom. The lowest BCUT2D eigenvalue weighted by Crippen LogP contribution is -2.26. The highest BCUT2D eigenvalue weighted by Gasteiger charge is 2.21. The molecule has 0 spiro atoms. The van der Waals surface area contributed by atoms with Crippen molar-refractivity contribution in [3.05, 3.63) is 59.6 Å². The molecule has 0 aliphatic carbocycles. The van der Waals surface area contributed by atoms with Gasteiger partial charge in [0.1, 0.15) is 11.6 Å². The zero-order valence-corrected chi connectivity index (χ0v) is 19.1. The summed E-state index contributed by atoms with van der Waals surface area (Å²) >= 11 is 6.03. The monoisotopic (exact) mass is 479 g/mol. The number of fused-ring (bicyclic) bond motifs is 1. The summed E-state index contributed by atoms with van der Waals surface area (Å²) in [6.07, 6.45) is 6.20. The Hall–Kier alpha value is -3.52. The molecular formula is C25H23ClFN5O2. The maximum atomic E-state index is 15.0. The lowest BCUT2D eigenvalue weighted by atomic mass is 9.97. The van der Waals surface area contributed by atoms with Gasteiger partial charge in [-0.05, 0) is 61.1 Å². The van der Waals surface area contributed by atoms with Gasteiger partial charge in [0, 0.05) is 42.5 Å². The smallest absolute Gasteiger partial charge is 0.303 e. The zero-order valence-electron chi connectivity index (χ0n) is 18.3. The fourth-order valence-electron chi connectivity index (χ4n) is 4.45. The molecule has 4 aromatic rings. The molecule has 0 saturated carbocycles. The van der Waals surface area contributed by atoms with Gasteiger partial charge in [-0.15, -0.1) is 0 Å². The van der Waals surface area contributed by atoms with E-state index in [-0.39, 0.29) is 12.3 Å². The van der Waals surface area contributed by atoms with Crippen molar-refractivity contribution in [2.24, 2.45) is 5.92 Å². The quantitative estimate of drug-likeness (QED) is 0.389. The predicted octanol–water partition coefficient (Wildman–Crippen LogP) is 5.56. The van der Waals surface area contributed by atoms with Gasteiger partial charge in [0.2, 0.25) is 5.95 Å². The van der Waals surface area contributed by atoms with Crippen LogP contribution in [0.1, 0.15) is 25.7 Å². The highest BCUT2D eigenvalue weighted by molar-refractivity contribution is 6.31. The Kier molecular flexibility index (Phi) is 6.15. The molecule has 2 aromatic heterocycles. The number of hydrogen-bond acceptors (Lipinski definition) is 5. The molecule has 5 rings (SSSR count). The molecule has 1 aliphatic rings. The summed E-state index contributed by atoms with van der Waals surface area (Å²) in [4.78, 5) is 29.7. The number of H-pyrrole nitrogens is 1. The lowest BCUT2D eigenvalue weighted by molar-refractivity contribution is -0.138. The standard InChI is InChI=1S/C25H23ClFN5O2/c26-18-4-6-21-22(12-18)31-24(30-21)19-5-3-16(11-20(19)27)17-13-28-25(29-14-17)32-8-1-2-15(7-9-32)10-23(33)34/h3-6,11-15H,1-2,7-10H2,(H,30,31)(H,33,34). The summed E-state index contributed by atoms with van der Waals surface area (Å²) in [7, 11) is 0. The highest BCUT2D eigenvalue weighted by Crippen LogP contribution is 2.29. The van der Waals surface area contributed by atoms with Crippen LogP contribution in [0.3, 0.4) is 0 Å². The van der Waals surface area contributed by atoms with Crippen LogP contribution < -0.4 is 4.90 Å². The first-order valence-electron chi connectivity index (χ1n) is 11.2. The van der Waals surface area contributed by atoms with E-state index in [0.717, 1.165) is 43.4 Å². The van der Waals surface area contributed by atoms with Gasteiger partial charge >= 0.3 is 5.97 Å². The number of benzene rings is 2. The number of imidazole rings is 1. The van der Waals surface area contributed by atoms with Gasteiger partial charge in [0.25, 0.3) is 0 Å². The maximum Gasteiger partial charge on any atom is 0.303 e. The molecule has 1 saturated heterocycles. The molecular weight excluding hydrogens is 457 g/mol. The van der Waals surface area contributed by atoms with Gasteiger partial charge in [-0.3, -0.25) is 4.79 Å². The summed E-state index contributed by atoms with van der Waals surface area (Å²) in [5.41, 5.74) is 3.22. The minimum atomic E-state index is -0.748. The molecule has 1 fully saturated rings. The van der Waals surface area contributed by atoms with E-state index < -0.39 is 11.8 Å². The van der Waals surface area contributed by atoms with E-state index in [1.807, 2.05) is 6.07 Å². The van der Waals surface area contributed by atoms with Crippen molar-refractivity contribution in [1.82, 2.24) is 19.9 Å². The molecule has 1 aliphatic heterocycles. The first kappa shape index (κ1) is 22.3. The first-order valence-corrected chi connectivity index (χ1v) is 11.6. The van der Waals surface area contributed by atoms with Crippen LogP contribution in [0.15, 0.2) is 48.8 Å². The molecule has 0 bridgehead atoms. The van der Waals surface area contributed by atoms with Crippen molar-refractivity contribution in [3.63, 3.8) is 0 Å². The van der Waals surface area contributed by atoms with Gasteiger partial charge in [0.15, 0.2) is 0 Å². The minimum absolute atomic E-state index is 0.187. The van der Waals surface area contributed by atoms with Crippen LogP contribution in [0.4, 0.5) is 10.3 Å². The van der Waals surface area contributed by atoms with E-state index in [1.54, 1.807) is 36.7 Å². The summed E-state index contributed by atoms with van der Waals surface area (Å²) in [6, 6.07) is 10.3. The number of nitrogens with zero attached hydrogens (tertiary/aromatic N) is 4. The number of carboxylic acid groups (broad SMARTS) is 1. The largest absolute Gasteiger partial charge is 0.481 e. The zero-order chi connectivity index (χ0) is 23.7. The number of aromatic nitrogens is 4. The molecule has 2 N–H and O–H groups in total. The molecule has 34 heavy (non-hydrogen) atoms. The molecule has 7 nitrogen and oxygen atoms in total. The highest BCUT2D eigenvalue weighted by atomic mass is 35.5. The van der Waals surface area contributed by atoms with Gasteiger partial charge in [-0.25, -0.2) is 19.3 Å². The van der Waals surface area contributed by atoms with E-state index in [2.05, 4.69) is 24.8 Å². The molecule has 0 radical (unpaired) electrons. The van der Waals surface area contributed by atoms with Crippen molar-refractivity contribution < 1.29 is 14.3 Å². The van der Waals surface area contributed by atoms with Crippen LogP contribution in [0.2, 0.25) is 5.02 Å². The second-order valence-electron chi connectivity index (χ2n) is 8.60. The Morgan fingerprint density at radius 3 is 2.71 bits per heavy atom. The van der Waals surface area contributed by atoms with E-state index in [9.17, 15) is 9.18 Å². The van der Waals surface area contributed by atoms with Crippen molar-refractivity contribution in [1.29, 1.82) is 0 Å². The Morgan fingerprint density at radius 2 is 1.94 bits per heavy atom. The molecule has 174 valence electrons. The van der Waals surface area contributed by atoms with Gasteiger partial charge in [-0.2, -0.15) is 0 Å². The molecule has 0 amide bonds. The third-order valence-corrected chi connectivity index (χ3v) is 6.47. The number of anilines is 1. The van der Waals surface area contributed by atoms with Crippen LogP contribution >= 0.6 is 11.6 Å². The van der Waals surface area contributed by atoms with E-state index in [4.69, 9.17) is 16.7 Å². The number of aliphatic carboxylic acids is 1. The molecule has 2 aromatic carbocycles. The second-order valence-corrected chi connectivity index (χ2v) is 9.03. The van der Waals surface area contributed by atoms with Crippen molar-refractivity contribution in [2.75, 3.05) is 18.0 Å². The minimum Gasteiger partial charge on any atom is -0.481 e. The van der Waals surface area contributed by atoms with Crippen molar-refractivity contribution in [2.45, 2.75) is 25.7 Å². The Bertz CT molecular complexity index is 1340. The number of carbonyl (C=O) groups is 1. The summed E-state index contributed by atoms with van der Waals surface area (Å²) < 4.78 is 15.0. The number of carboxylic acids is 1. The number of nitrogens with one attached hydrogen (secondary N) is 1. The molecule has 9 heteroatoms. The van der Waals surface area contributed by atoms with Crippen LogP contribution in [-0.2, 0) is 4.79 Å². The topological polar surface area (TPSA) is 95.0 Å². The second kappa shape index (κ2) is 9.38. The van der Waals surface area contributed by atoms with E-state index in [1.165, 1.54) is 6.07 Å². The maximum absolute atomic E-state index is 15.0. The Labute approximate surface area is 200 Å². The first-order chi connectivity index (χ1) is 16.5. The van der Waals surface area contributed by atoms with Crippen LogP contribution in [0, 0.1) is 11.7 Å². The number of hydrogen-bond donors (Lipinski definition) is 2. The van der Waals surface area contributed by atoms with Gasteiger partial charge in [-0.1, -0.05) is 17.7 Å². The number of halogens is 2. The molecule has 3 heterocycles. The van der Waals surface area contributed by atoms with Crippen molar-refractivity contribution in [3.8, 4) is 22.5 Å². The third-order valence-electron chi connectivity index (χ3n) is 6.23. The fraction of sp³-hybridized carbons (Fsp3) is 0.280. The SMILES string of the molecule is O=C(O)CC1CCCN(c2ncc(-c3ccc(-c4nc5ccc(Cl)cc5[nH]4)c(F)c3)cn2)CC1. The van der Waals surface area contributed by atoms with Crippen LogP contribution in [-0.4, -0.2) is 44.1 Å². The summed E-state index contributed by atoms with van der Waals surface area (Å²) in [5, 5.41) is 9.63.